The van der Waals surface area contributed by atoms with Gasteiger partial charge in [-0.15, -0.1) is 14.8 Å². The second kappa shape index (κ2) is 7.69. The van der Waals surface area contributed by atoms with E-state index in [1.54, 1.807) is 0 Å². The largest absolute Gasteiger partial charge is 0.480 e. The van der Waals surface area contributed by atoms with Gasteiger partial charge in [-0.3, -0.25) is 4.79 Å². The molecule has 2 fully saturated rings. The normalized spacial score (nSPS) is 20.6. The number of aromatic nitrogens is 5. The van der Waals surface area contributed by atoms with Crippen LogP contribution in [-0.4, -0.2) is 60.9 Å². The summed E-state index contributed by atoms with van der Waals surface area (Å²) in [4.78, 5) is 26.9. The summed E-state index contributed by atoms with van der Waals surface area (Å²) in [5.41, 5.74) is -0.516. The maximum absolute atomic E-state index is 12.8. The van der Waals surface area contributed by atoms with E-state index >= 15 is 0 Å². The number of anilines is 1. The molecular weight excluding hydrogens is 362 g/mol. The second-order valence-electron chi connectivity index (χ2n) is 7.77. The Bertz CT molecular complexity index is 852. The van der Waals surface area contributed by atoms with Crippen molar-refractivity contribution in [2.75, 3.05) is 18.0 Å². The van der Waals surface area contributed by atoms with Gasteiger partial charge >= 0.3 is 5.97 Å². The monoisotopic (exact) mass is 387 g/mol. The molecule has 4 rings (SSSR count). The van der Waals surface area contributed by atoms with Gasteiger partial charge in [0.15, 0.2) is 11.5 Å². The molecule has 3 heterocycles. The van der Waals surface area contributed by atoms with E-state index in [0.29, 0.717) is 44.4 Å². The van der Waals surface area contributed by atoms with Crippen LogP contribution < -0.4 is 10.2 Å². The van der Waals surface area contributed by atoms with Crippen molar-refractivity contribution in [3.05, 3.63) is 12.1 Å². The Balaban J connectivity index is 1.38. The zero-order valence-electron chi connectivity index (χ0n) is 15.8. The molecule has 0 spiro atoms. The zero-order valence-corrected chi connectivity index (χ0v) is 15.8. The van der Waals surface area contributed by atoms with Crippen LogP contribution in [0.4, 0.5) is 5.82 Å². The first-order valence-electron chi connectivity index (χ1n) is 9.93. The number of carboxylic acid groups (broad SMARTS) is 1. The number of nitrogens with one attached hydrogen (secondary N) is 1. The third-order valence-electron chi connectivity index (χ3n) is 5.97. The third kappa shape index (κ3) is 3.63. The fraction of sp³-hybridized carbons (Fsp3) is 0.667. The van der Waals surface area contributed by atoms with Crippen LogP contribution in [0.2, 0.25) is 0 Å². The Kier molecular flexibility index (Phi) is 5.10. The predicted octanol–water partition coefficient (Wildman–Crippen LogP) is 1.03. The molecule has 0 unspecified atom stereocenters. The van der Waals surface area contributed by atoms with Gasteiger partial charge in [0.05, 0.1) is 0 Å². The van der Waals surface area contributed by atoms with Crippen LogP contribution in [0.25, 0.3) is 5.65 Å². The van der Waals surface area contributed by atoms with Crippen LogP contribution in [0.15, 0.2) is 12.1 Å². The lowest BCUT2D eigenvalue weighted by atomic mass is 9.88. The zero-order chi connectivity index (χ0) is 19.6. The molecule has 0 bridgehead atoms. The average molecular weight is 387 g/mol. The van der Waals surface area contributed by atoms with Crippen LogP contribution in [0, 0.1) is 5.92 Å². The number of nitrogens with zero attached hydrogens (tertiary/aromatic N) is 6. The highest BCUT2D eigenvalue weighted by atomic mass is 16.4. The van der Waals surface area contributed by atoms with Crippen molar-refractivity contribution < 1.29 is 14.7 Å². The van der Waals surface area contributed by atoms with Gasteiger partial charge in [0, 0.05) is 19.0 Å². The summed E-state index contributed by atoms with van der Waals surface area (Å²) in [5.74, 6) is -0.441. The van der Waals surface area contributed by atoms with E-state index in [1.165, 1.54) is 4.63 Å². The number of amides is 1. The third-order valence-corrected chi connectivity index (χ3v) is 5.97. The van der Waals surface area contributed by atoms with E-state index in [0.717, 1.165) is 31.5 Å². The maximum atomic E-state index is 12.8. The van der Waals surface area contributed by atoms with Crippen molar-refractivity contribution in [2.45, 2.75) is 56.9 Å². The minimum Gasteiger partial charge on any atom is -0.480 e. The van der Waals surface area contributed by atoms with E-state index in [9.17, 15) is 14.7 Å². The van der Waals surface area contributed by atoms with E-state index in [2.05, 4.69) is 30.8 Å². The smallest absolute Gasteiger partial charge is 0.329 e. The number of aliphatic carboxylic acids is 1. The fourth-order valence-electron chi connectivity index (χ4n) is 4.24. The summed E-state index contributed by atoms with van der Waals surface area (Å²) in [7, 11) is 0. The van der Waals surface area contributed by atoms with Crippen LogP contribution in [0.5, 0.6) is 0 Å². The van der Waals surface area contributed by atoms with Crippen molar-refractivity contribution in [2.24, 2.45) is 5.92 Å². The van der Waals surface area contributed by atoms with Crippen LogP contribution in [0.3, 0.4) is 0 Å². The molecule has 2 N–H and O–H groups in total. The molecule has 0 aromatic carbocycles. The highest BCUT2D eigenvalue weighted by molar-refractivity contribution is 5.88. The quantitative estimate of drug-likeness (QED) is 0.745. The number of tetrazole rings is 1. The molecule has 1 aliphatic carbocycles. The Labute approximate surface area is 162 Å². The van der Waals surface area contributed by atoms with Gasteiger partial charge in [-0.2, -0.15) is 0 Å². The number of hydrogen-bond acceptors (Lipinski definition) is 7. The Morgan fingerprint density at radius 2 is 1.82 bits per heavy atom. The number of carboxylic acids is 1. The number of piperidine rings is 1. The Morgan fingerprint density at radius 3 is 2.50 bits per heavy atom. The van der Waals surface area contributed by atoms with Crippen molar-refractivity contribution in [3.8, 4) is 0 Å². The number of rotatable bonds is 4. The minimum atomic E-state index is -1.10. The van der Waals surface area contributed by atoms with Gasteiger partial charge in [0.2, 0.25) is 5.91 Å². The number of carbonyl (C=O) groups excluding carboxylic acids is 1. The van der Waals surface area contributed by atoms with Crippen molar-refractivity contribution in [1.29, 1.82) is 0 Å². The molecule has 150 valence electrons. The second-order valence-corrected chi connectivity index (χ2v) is 7.77. The van der Waals surface area contributed by atoms with Crippen LogP contribution in [0.1, 0.15) is 51.4 Å². The van der Waals surface area contributed by atoms with Crippen molar-refractivity contribution >= 4 is 23.3 Å². The lowest BCUT2D eigenvalue weighted by Gasteiger charge is -2.35. The van der Waals surface area contributed by atoms with Crippen molar-refractivity contribution in [1.82, 2.24) is 30.6 Å². The standard InChI is InChI=1S/C18H25N7O3/c26-16(19-18(17(27)28)9-3-1-2-4-10-18)13-7-11-24(12-8-13)15-6-5-14-20-22-23-25(14)21-15/h5-6,13H,1-4,7-12H2,(H,19,26)(H,27,28). The van der Waals surface area contributed by atoms with Gasteiger partial charge in [-0.25, -0.2) is 4.79 Å². The van der Waals surface area contributed by atoms with E-state index in [-0.39, 0.29) is 11.8 Å². The highest BCUT2D eigenvalue weighted by Crippen LogP contribution is 2.29. The van der Waals surface area contributed by atoms with Gasteiger partial charge in [0.25, 0.3) is 0 Å². The molecule has 1 aliphatic heterocycles. The summed E-state index contributed by atoms with van der Waals surface area (Å²) in [6.07, 6.45) is 6.11. The topological polar surface area (TPSA) is 126 Å². The number of carbonyl (C=O) groups is 2. The highest BCUT2D eigenvalue weighted by Gasteiger charge is 2.41. The molecular formula is C18H25N7O3. The molecule has 1 saturated heterocycles. The molecule has 0 atom stereocenters. The Hall–Kier alpha value is -2.78. The lowest BCUT2D eigenvalue weighted by Crippen LogP contribution is -2.56. The minimum absolute atomic E-state index is 0.132. The number of fused-ring (bicyclic) bond motifs is 1. The summed E-state index contributed by atoms with van der Waals surface area (Å²) in [6, 6.07) is 3.68. The number of hydrogen-bond donors (Lipinski definition) is 2. The maximum Gasteiger partial charge on any atom is 0.329 e. The Morgan fingerprint density at radius 1 is 1.11 bits per heavy atom. The van der Waals surface area contributed by atoms with E-state index < -0.39 is 11.5 Å². The molecule has 10 heteroatoms. The summed E-state index contributed by atoms with van der Waals surface area (Å²) < 4.78 is 1.39. The molecule has 1 amide bonds. The van der Waals surface area contributed by atoms with Gasteiger partial charge in [0.1, 0.15) is 5.54 Å². The molecule has 0 radical (unpaired) electrons. The van der Waals surface area contributed by atoms with Crippen molar-refractivity contribution in [3.63, 3.8) is 0 Å². The summed E-state index contributed by atoms with van der Waals surface area (Å²) in [6.45, 7) is 1.36. The lowest BCUT2D eigenvalue weighted by molar-refractivity contribution is -0.149. The predicted molar refractivity (Wildman–Crippen MR) is 99.7 cm³/mol. The molecule has 1 saturated carbocycles. The first-order valence-corrected chi connectivity index (χ1v) is 9.93. The van der Waals surface area contributed by atoms with Crippen LogP contribution >= 0.6 is 0 Å². The van der Waals surface area contributed by atoms with E-state index in [4.69, 9.17) is 0 Å². The first kappa shape index (κ1) is 18.6. The summed E-state index contributed by atoms with van der Waals surface area (Å²) in [5, 5.41) is 28.3. The molecule has 10 nitrogen and oxygen atoms in total. The molecule has 2 aromatic heterocycles. The van der Waals surface area contributed by atoms with Gasteiger partial charge in [-0.1, -0.05) is 25.7 Å². The molecule has 2 aromatic rings. The van der Waals surface area contributed by atoms with Gasteiger partial charge in [-0.05, 0) is 48.2 Å². The molecule has 2 aliphatic rings. The molecule has 28 heavy (non-hydrogen) atoms. The first-order chi connectivity index (χ1) is 13.6. The summed E-state index contributed by atoms with van der Waals surface area (Å²) >= 11 is 0. The van der Waals surface area contributed by atoms with Gasteiger partial charge < -0.3 is 15.3 Å². The SMILES string of the molecule is O=C(NC1(C(=O)O)CCCCCC1)C1CCN(c2ccc3nnnn3n2)CC1. The van der Waals surface area contributed by atoms with E-state index in [1.807, 2.05) is 12.1 Å². The fourth-order valence-corrected chi connectivity index (χ4v) is 4.24. The average Bonchev–Trinajstić information content (AvgIpc) is 3.05. The van der Waals surface area contributed by atoms with Crippen LogP contribution in [-0.2, 0) is 9.59 Å².